The summed E-state index contributed by atoms with van der Waals surface area (Å²) in [5.74, 6) is -1.06. The molecule has 0 heterocycles. The summed E-state index contributed by atoms with van der Waals surface area (Å²) in [6, 6.07) is 0. The summed E-state index contributed by atoms with van der Waals surface area (Å²) in [7, 11) is -0.790. The second-order valence-corrected chi connectivity index (χ2v) is 3.29. The molecule has 0 bridgehead atoms. The molecule has 2 atom stereocenters. The third kappa shape index (κ3) is 2.42. The molecule has 0 saturated carbocycles. The Morgan fingerprint density at radius 3 is 2.40 bits per heavy atom. The molecule has 58 valence electrons. The second kappa shape index (κ2) is 4.36. The molecule has 5 heteroatoms. The van der Waals surface area contributed by atoms with E-state index in [0.717, 1.165) is 0 Å². The van der Waals surface area contributed by atoms with E-state index >= 15 is 0 Å². The largest absolute Gasteiger partial charge is 0.523 e. The molecule has 2 unspecified atom stereocenters. The molecule has 10 heavy (non-hydrogen) atoms. The zero-order valence-electron chi connectivity index (χ0n) is 5.90. The van der Waals surface area contributed by atoms with Crippen molar-refractivity contribution in [2.24, 2.45) is 0 Å². The number of hydrogen-bond donors (Lipinski definition) is 1. The Kier molecular flexibility index (Phi) is 4.16. The maximum atomic E-state index is 10.7. The van der Waals surface area contributed by atoms with Crippen molar-refractivity contribution in [3.05, 3.63) is 0 Å². The van der Waals surface area contributed by atoms with Crippen LogP contribution < -0.4 is 0 Å². The van der Waals surface area contributed by atoms with Crippen molar-refractivity contribution in [2.75, 3.05) is 7.11 Å². The molecule has 0 aliphatic rings. The van der Waals surface area contributed by atoms with Crippen LogP contribution in [0.15, 0.2) is 0 Å². The van der Waals surface area contributed by atoms with Gasteiger partial charge in [-0.15, -0.1) is 4.52 Å². The molecule has 0 aliphatic heterocycles. The Hall–Kier alpha value is -0.470. The molecular formula is C5H10O4P+. The quantitative estimate of drug-likeness (QED) is 0.636. The standard InChI is InChI=1S/C5H9O4P/c1-3-4(5(6)7)10(8)9-2/h4H,3H2,1-2H3/p+1. The van der Waals surface area contributed by atoms with Crippen molar-refractivity contribution < 1.29 is 19.0 Å². The topological polar surface area (TPSA) is 63.6 Å². The van der Waals surface area contributed by atoms with Gasteiger partial charge >= 0.3 is 14.0 Å². The highest BCUT2D eigenvalue weighted by atomic mass is 31.1. The minimum Gasteiger partial charge on any atom is -0.478 e. The van der Waals surface area contributed by atoms with E-state index in [0.29, 0.717) is 6.42 Å². The average Bonchev–Trinajstić information content (AvgIpc) is 1.88. The number of carboxylic acid groups (broad SMARTS) is 1. The zero-order valence-corrected chi connectivity index (χ0v) is 6.80. The number of hydrogen-bond acceptors (Lipinski definition) is 3. The Bertz CT molecular complexity index is 145. The first kappa shape index (κ1) is 9.53. The molecule has 0 spiro atoms. The first-order valence-electron chi connectivity index (χ1n) is 2.86. The molecule has 4 nitrogen and oxygen atoms in total. The van der Waals surface area contributed by atoms with Crippen molar-refractivity contribution >= 4 is 14.0 Å². The van der Waals surface area contributed by atoms with Crippen LogP contribution in [0.3, 0.4) is 0 Å². The molecular weight excluding hydrogens is 155 g/mol. The maximum Gasteiger partial charge on any atom is 0.523 e. The lowest BCUT2D eigenvalue weighted by Gasteiger charge is -1.92. The highest BCUT2D eigenvalue weighted by Gasteiger charge is 2.36. The van der Waals surface area contributed by atoms with Gasteiger partial charge in [0.15, 0.2) is 0 Å². The normalized spacial score (nSPS) is 14.4. The van der Waals surface area contributed by atoms with Crippen LogP contribution >= 0.6 is 8.03 Å². The van der Waals surface area contributed by atoms with Gasteiger partial charge in [-0.25, -0.2) is 4.79 Å². The highest BCUT2D eigenvalue weighted by molar-refractivity contribution is 7.41. The van der Waals surface area contributed by atoms with E-state index in [2.05, 4.69) is 4.52 Å². The summed E-state index contributed by atoms with van der Waals surface area (Å²) >= 11 is 0. The van der Waals surface area contributed by atoms with Gasteiger partial charge in [-0.2, -0.15) is 0 Å². The maximum absolute atomic E-state index is 10.7. The predicted octanol–water partition coefficient (Wildman–Crippen LogP) is 1.24. The second-order valence-electron chi connectivity index (χ2n) is 1.73. The van der Waals surface area contributed by atoms with Crippen LogP contribution in [0.25, 0.3) is 0 Å². The highest BCUT2D eigenvalue weighted by Crippen LogP contribution is 2.30. The molecule has 0 aliphatic carbocycles. The Labute approximate surface area is 60.1 Å². The third-order valence-corrected chi connectivity index (χ3v) is 2.56. The first-order chi connectivity index (χ1) is 4.63. The van der Waals surface area contributed by atoms with E-state index in [4.69, 9.17) is 5.11 Å². The minimum absolute atomic E-state index is 0.332. The smallest absolute Gasteiger partial charge is 0.478 e. The van der Waals surface area contributed by atoms with Gasteiger partial charge in [0.25, 0.3) is 5.66 Å². The molecule has 0 aromatic carbocycles. The van der Waals surface area contributed by atoms with Gasteiger partial charge in [0.1, 0.15) is 0 Å². The van der Waals surface area contributed by atoms with Gasteiger partial charge in [-0.1, -0.05) is 6.92 Å². The molecule has 0 radical (unpaired) electrons. The van der Waals surface area contributed by atoms with Crippen LogP contribution in [0.4, 0.5) is 0 Å². The van der Waals surface area contributed by atoms with Gasteiger partial charge < -0.3 is 5.11 Å². The van der Waals surface area contributed by atoms with Crippen molar-refractivity contribution in [1.82, 2.24) is 0 Å². The fourth-order valence-electron chi connectivity index (χ4n) is 0.541. The van der Waals surface area contributed by atoms with Crippen LogP contribution in [-0.2, 0) is 13.9 Å². The molecule has 0 aromatic rings. The van der Waals surface area contributed by atoms with E-state index in [1.165, 1.54) is 7.11 Å². The summed E-state index contributed by atoms with van der Waals surface area (Å²) in [4.78, 5) is 10.3. The summed E-state index contributed by atoms with van der Waals surface area (Å²) in [6.45, 7) is 1.66. The van der Waals surface area contributed by atoms with E-state index < -0.39 is 19.7 Å². The van der Waals surface area contributed by atoms with Gasteiger partial charge in [-0.3, -0.25) is 0 Å². The number of carbonyl (C=O) groups is 1. The Morgan fingerprint density at radius 2 is 2.30 bits per heavy atom. The van der Waals surface area contributed by atoms with Crippen molar-refractivity contribution in [3.8, 4) is 0 Å². The van der Waals surface area contributed by atoms with E-state index in [1.807, 2.05) is 0 Å². The summed E-state index contributed by atoms with van der Waals surface area (Å²) in [6.07, 6.45) is 0.332. The van der Waals surface area contributed by atoms with E-state index in [-0.39, 0.29) is 0 Å². The van der Waals surface area contributed by atoms with Crippen LogP contribution in [-0.4, -0.2) is 23.8 Å². The minimum atomic E-state index is -2.03. The summed E-state index contributed by atoms with van der Waals surface area (Å²) in [5, 5.41) is 8.41. The number of carboxylic acids is 1. The van der Waals surface area contributed by atoms with Crippen LogP contribution in [0.2, 0.25) is 0 Å². The lowest BCUT2D eigenvalue weighted by Crippen LogP contribution is -2.14. The van der Waals surface area contributed by atoms with Gasteiger partial charge in [0.2, 0.25) is 0 Å². The van der Waals surface area contributed by atoms with Gasteiger partial charge in [0, 0.05) is 6.42 Å². The van der Waals surface area contributed by atoms with Crippen molar-refractivity contribution in [1.29, 1.82) is 0 Å². The fourth-order valence-corrected chi connectivity index (χ4v) is 1.27. The number of aliphatic carboxylic acids is 1. The lowest BCUT2D eigenvalue weighted by molar-refractivity contribution is -0.136. The number of rotatable bonds is 4. The molecule has 0 rings (SSSR count). The molecule has 1 N–H and O–H groups in total. The van der Waals surface area contributed by atoms with Gasteiger partial charge in [0.05, 0.1) is 7.11 Å². The van der Waals surface area contributed by atoms with Crippen LogP contribution in [0.1, 0.15) is 13.3 Å². The Morgan fingerprint density at radius 1 is 1.80 bits per heavy atom. The fraction of sp³-hybridized carbons (Fsp3) is 0.800. The van der Waals surface area contributed by atoms with E-state index in [1.54, 1.807) is 6.92 Å². The first-order valence-corrected chi connectivity index (χ1v) is 4.11. The van der Waals surface area contributed by atoms with Crippen LogP contribution in [0.5, 0.6) is 0 Å². The van der Waals surface area contributed by atoms with Crippen molar-refractivity contribution in [2.45, 2.75) is 19.0 Å². The molecule has 0 fully saturated rings. The molecule has 0 amide bonds. The van der Waals surface area contributed by atoms with Gasteiger partial charge in [-0.05, 0) is 4.57 Å². The summed E-state index contributed by atoms with van der Waals surface area (Å²) < 4.78 is 15.1. The summed E-state index contributed by atoms with van der Waals surface area (Å²) in [5.41, 5.74) is -0.861. The average molecular weight is 165 g/mol. The predicted molar refractivity (Wildman–Crippen MR) is 36.3 cm³/mol. The SMILES string of the molecule is CCC(C(=O)O)[P+](=O)OC. The van der Waals surface area contributed by atoms with Crippen molar-refractivity contribution in [3.63, 3.8) is 0 Å². The molecule has 0 aromatic heterocycles. The van der Waals surface area contributed by atoms with Crippen LogP contribution in [0, 0.1) is 0 Å². The third-order valence-electron chi connectivity index (χ3n) is 1.11. The monoisotopic (exact) mass is 165 g/mol. The Balaban J connectivity index is 4.06. The van der Waals surface area contributed by atoms with E-state index in [9.17, 15) is 9.36 Å². The molecule has 0 saturated heterocycles. The lowest BCUT2D eigenvalue weighted by atomic mass is 10.3. The zero-order chi connectivity index (χ0) is 8.15.